The zero-order chi connectivity index (χ0) is 27.9. The van der Waals surface area contributed by atoms with Gasteiger partial charge in [-0.2, -0.15) is 13.2 Å². The summed E-state index contributed by atoms with van der Waals surface area (Å²) in [5.74, 6) is -1.03. The highest BCUT2D eigenvalue weighted by Crippen LogP contribution is 2.48. The van der Waals surface area contributed by atoms with E-state index in [1.54, 1.807) is 0 Å². The molecule has 0 unspecified atom stereocenters. The van der Waals surface area contributed by atoms with Crippen molar-refractivity contribution in [3.8, 4) is 5.75 Å². The van der Waals surface area contributed by atoms with Crippen LogP contribution < -0.4 is 4.74 Å². The Morgan fingerprint density at radius 2 is 1.46 bits per heavy atom. The van der Waals surface area contributed by atoms with Gasteiger partial charge in [0, 0.05) is 0 Å². The van der Waals surface area contributed by atoms with Gasteiger partial charge in [0.05, 0.1) is 25.9 Å². The Labute approximate surface area is 211 Å². The summed E-state index contributed by atoms with van der Waals surface area (Å²) in [4.78, 5) is -0.532. The van der Waals surface area contributed by atoms with E-state index in [2.05, 4.69) is 4.74 Å². The summed E-state index contributed by atoms with van der Waals surface area (Å²) in [7, 11) is -7.82. The van der Waals surface area contributed by atoms with E-state index in [9.17, 15) is 43.2 Å². The molecule has 1 aliphatic rings. The molecule has 0 aliphatic heterocycles. The number of hydrogen-bond acceptors (Lipinski definition) is 5. The average molecular weight is 573 g/mol. The Morgan fingerprint density at radius 3 is 2.00 bits per heavy atom. The predicted molar refractivity (Wildman–Crippen MR) is 123 cm³/mol. The van der Waals surface area contributed by atoms with Gasteiger partial charge in [-0.3, -0.25) is 0 Å². The Bertz CT molecular complexity index is 1310. The summed E-state index contributed by atoms with van der Waals surface area (Å²) >= 11 is 0. The fourth-order valence-corrected chi connectivity index (χ4v) is 7.54. The molecule has 0 atom stereocenters. The Hall–Kier alpha value is -2.28. The molecule has 3 rings (SSSR count). The Morgan fingerprint density at radius 1 is 0.865 bits per heavy atom. The van der Waals surface area contributed by atoms with Crippen molar-refractivity contribution in [1.29, 1.82) is 0 Å². The van der Waals surface area contributed by atoms with Crippen LogP contribution in [0.1, 0.15) is 45.1 Å². The van der Waals surface area contributed by atoms with Gasteiger partial charge in [-0.05, 0) is 93.8 Å². The molecular weight excluding hydrogens is 546 g/mol. The minimum Gasteiger partial charge on any atom is -0.406 e. The molecule has 206 valence electrons. The molecule has 0 heterocycles. The molecule has 1 aliphatic carbocycles. The van der Waals surface area contributed by atoms with E-state index in [0.29, 0.717) is 25.3 Å². The minimum atomic E-state index is -4.89. The lowest BCUT2D eigenvalue weighted by Crippen LogP contribution is -2.46. The molecule has 13 heteroatoms. The van der Waals surface area contributed by atoms with Crippen LogP contribution in [-0.2, 0) is 25.9 Å². The van der Waals surface area contributed by atoms with Crippen molar-refractivity contribution in [2.45, 2.75) is 66.6 Å². The number of sulfone groups is 2. The van der Waals surface area contributed by atoms with Crippen molar-refractivity contribution < 1.29 is 47.9 Å². The van der Waals surface area contributed by atoms with Crippen molar-refractivity contribution in [2.75, 3.05) is 5.75 Å². The summed E-state index contributed by atoms with van der Waals surface area (Å²) in [6.07, 6.45) is -7.84. The number of halogens is 6. The van der Waals surface area contributed by atoms with Crippen molar-refractivity contribution in [2.24, 2.45) is 11.8 Å². The lowest BCUT2D eigenvalue weighted by atomic mass is 9.67. The summed E-state index contributed by atoms with van der Waals surface area (Å²) in [5.41, 5.74) is -1.04. The van der Waals surface area contributed by atoms with E-state index in [-0.39, 0.29) is 28.9 Å². The van der Waals surface area contributed by atoms with Gasteiger partial charge in [0.2, 0.25) is 0 Å². The van der Waals surface area contributed by atoms with Crippen molar-refractivity contribution in [1.82, 2.24) is 0 Å². The maximum absolute atomic E-state index is 13.2. The monoisotopic (exact) mass is 572 g/mol. The van der Waals surface area contributed by atoms with E-state index in [1.807, 2.05) is 0 Å². The first-order chi connectivity index (χ1) is 16.8. The van der Waals surface area contributed by atoms with Gasteiger partial charge >= 0.3 is 12.5 Å². The van der Waals surface area contributed by atoms with Crippen molar-refractivity contribution >= 4 is 19.7 Å². The zero-order valence-electron chi connectivity index (χ0n) is 19.9. The van der Waals surface area contributed by atoms with Crippen LogP contribution >= 0.6 is 0 Å². The van der Waals surface area contributed by atoms with Gasteiger partial charge in [-0.1, -0.05) is 6.07 Å². The lowest BCUT2D eigenvalue weighted by Gasteiger charge is -2.45. The van der Waals surface area contributed by atoms with Crippen molar-refractivity contribution in [3.63, 3.8) is 0 Å². The summed E-state index contributed by atoms with van der Waals surface area (Å²) in [6, 6.07) is 7.58. The van der Waals surface area contributed by atoms with Crippen LogP contribution in [0.5, 0.6) is 5.75 Å². The van der Waals surface area contributed by atoms with Crippen LogP contribution in [0.3, 0.4) is 0 Å². The summed E-state index contributed by atoms with van der Waals surface area (Å²) in [6.45, 7) is 2.97. The number of hydrogen-bond donors (Lipinski definition) is 0. The number of benzene rings is 2. The molecule has 0 aromatic heterocycles. The first-order valence-electron chi connectivity index (χ1n) is 11.3. The fourth-order valence-electron chi connectivity index (χ4n) is 4.43. The first kappa shape index (κ1) is 29.3. The van der Waals surface area contributed by atoms with Gasteiger partial charge in [0.1, 0.15) is 5.75 Å². The predicted octanol–water partition coefficient (Wildman–Crippen LogP) is 6.44. The first-order valence-corrected chi connectivity index (χ1v) is 14.5. The topological polar surface area (TPSA) is 77.5 Å². The molecule has 0 spiro atoms. The van der Waals surface area contributed by atoms with Gasteiger partial charge in [-0.25, -0.2) is 16.8 Å². The SMILES string of the molecule is CC(C)(C1CC(CCCS(=O)(=O)c2ccc(OC(F)(F)F)cc2)C1)S(=O)(=O)c1cccc(C(F)(F)F)c1. The molecule has 1 fully saturated rings. The zero-order valence-corrected chi connectivity index (χ0v) is 21.6. The second-order valence-electron chi connectivity index (χ2n) is 9.65. The molecule has 0 amide bonds. The summed E-state index contributed by atoms with van der Waals surface area (Å²) in [5, 5.41) is 0. The summed E-state index contributed by atoms with van der Waals surface area (Å²) < 4.78 is 130. The quantitative estimate of drug-likeness (QED) is 0.324. The molecule has 0 radical (unpaired) electrons. The van der Waals surface area contributed by atoms with E-state index >= 15 is 0 Å². The standard InChI is InChI=1S/C24H26F6O5S2/c1-22(2,37(33,34)21-7-3-6-17(15-21)23(25,26)27)18-13-16(14-18)5-4-12-36(31,32)20-10-8-19(9-11-20)35-24(28,29)30/h3,6-11,15-16,18H,4-5,12-14H2,1-2H3. The van der Waals surface area contributed by atoms with Gasteiger partial charge in [-0.15, -0.1) is 13.2 Å². The van der Waals surface area contributed by atoms with Crippen LogP contribution in [0, 0.1) is 11.8 Å². The highest BCUT2D eigenvalue weighted by molar-refractivity contribution is 7.92. The molecule has 0 bridgehead atoms. The van der Waals surface area contributed by atoms with Crippen LogP contribution in [-0.4, -0.2) is 33.7 Å². The second kappa shape index (κ2) is 10.1. The lowest BCUT2D eigenvalue weighted by molar-refractivity contribution is -0.274. The average Bonchev–Trinajstić information content (AvgIpc) is 2.73. The third kappa shape index (κ3) is 6.78. The molecule has 37 heavy (non-hydrogen) atoms. The number of rotatable bonds is 9. The van der Waals surface area contributed by atoms with Gasteiger partial charge in [0.25, 0.3) is 0 Å². The fraction of sp³-hybridized carbons (Fsp3) is 0.500. The number of ether oxygens (including phenoxy) is 1. The van der Waals surface area contributed by atoms with Gasteiger partial charge in [0.15, 0.2) is 19.7 Å². The van der Waals surface area contributed by atoms with Crippen LogP contribution in [0.4, 0.5) is 26.3 Å². The smallest absolute Gasteiger partial charge is 0.406 e. The molecule has 2 aromatic rings. The molecule has 0 saturated heterocycles. The van der Waals surface area contributed by atoms with Crippen LogP contribution in [0.25, 0.3) is 0 Å². The second-order valence-corrected chi connectivity index (χ2v) is 14.3. The molecule has 2 aromatic carbocycles. The molecule has 0 N–H and O–H groups in total. The minimum absolute atomic E-state index is 0.0544. The third-order valence-electron chi connectivity index (χ3n) is 6.83. The van der Waals surface area contributed by atoms with E-state index < -0.39 is 53.2 Å². The Kier molecular flexibility index (Phi) is 8.01. The maximum Gasteiger partial charge on any atom is 0.573 e. The third-order valence-corrected chi connectivity index (χ3v) is 11.2. The Balaban J connectivity index is 1.55. The van der Waals surface area contributed by atoms with Crippen molar-refractivity contribution in [3.05, 3.63) is 54.1 Å². The number of alkyl halides is 6. The van der Waals surface area contributed by atoms with Gasteiger partial charge < -0.3 is 4.74 Å². The normalized spacial score (nSPS) is 19.4. The van der Waals surface area contributed by atoms with Crippen LogP contribution in [0.2, 0.25) is 0 Å². The highest BCUT2D eigenvalue weighted by Gasteiger charge is 2.48. The van der Waals surface area contributed by atoms with Crippen LogP contribution in [0.15, 0.2) is 58.3 Å². The van der Waals surface area contributed by atoms with E-state index in [1.165, 1.54) is 13.8 Å². The van der Waals surface area contributed by atoms with E-state index in [0.717, 1.165) is 42.5 Å². The molecular formula is C24H26F6O5S2. The highest BCUT2D eigenvalue weighted by atomic mass is 32.2. The largest absolute Gasteiger partial charge is 0.573 e. The molecule has 5 nitrogen and oxygen atoms in total. The van der Waals surface area contributed by atoms with E-state index in [4.69, 9.17) is 0 Å². The molecule has 1 saturated carbocycles. The maximum atomic E-state index is 13.2.